The largest absolute Gasteiger partial charge is 0.490 e. The first-order valence-corrected chi connectivity index (χ1v) is 10.7. The second kappa shape index (κ2) is 8.96. The highest BCUT2D eigenvalue weighted by molar-refractivity contribution is 7.09. The van der Waals surface area contributed by atoms with Gasteiger partial charge in [-0.25, -0.2) is 9.78 Å². The van der Waals surface area contributed by atoms with Gasteiger partial charge in [0.1, 0.15) is 0 Å². The maximum absolute atomic E-state index is 12.5. The van der Waals surface area contributed by atoms with Crippen LogP contribution in [0.2, 0.25) is 0 Å². The Morgan fingerprint density at radius 1 is 1.26 bits per heavy atom. The molecular weight excluding hydrogens is 431 g/mol. The number of aliphatic carboxylic acids is 1. The third-order valence-corrected chi connectivity index (χ3v) is 6.63. The number of rotatable bonds is 2. The molecule has 3 heterocycles. The lowest BCUT2D eigenvalue weighted by Crippen LogP contribution is -2.49. The monoisotopic (exact) mass is 455 g/mol. The second-order valence-electron chi connectivity index (χ2n) is 7.86. The maximum atomic E-state index is 12.5. The Bertz CT molecular complexity index is 953. The van der Waals surface area contributed by atoms with Gasteiger partial charge in [0, 0.05) is 36.5 Å². The summed E-state index contributed by atoms with van der Waals surface area (Å²) in [6, 6.07) is 8.44. The minimum absolute atomic E-state index is 0.0225. The molecule has 4 rings (SSSR count). The summed E-state index contributed by atoms with van der Waals surface area (Å²) >= 11 is 1.72. The van der Waals surface area contributed by atoms with Gasteiger partial charge in [0.05, 0.1) is 10.7 Å². The van der Waals surface area contributed by atoms with Crippen LogP contribution < -0.4 is 4.90 Å². The Labute approximate surface area is 182 Å². The average Bonchev–Trinajstić information content (AvgIpc) is 3.12. The molecule has 168 valence electrons. The van der Waals surface area contributed by atoms with E-state index in [9.17, 15) is 18.0 Å². The molecule has 1 amide bonds. The van der Waals surface area contributed by atoms with Crippen LogP contribution in [0.3, 0.4) is 0 Å². The zero-order chi connectivity index (χ0) is 22.8. The number of carboxylic acid groups (broad SMARTS) is 1. The van der Waals surface area contributed by atoms with Gasteiger partial charge in [0.2, 0.25) is 5.91 Å². The van der Waals surface area contributed by atoms with Gasteiger partial charge in [-0.05, 0) is 44.5 Å². The number of alkyl halides is 3. The van der Waals surface area contributed by atoms with Gasteiger partial charge in [-0.15, -0.1) is 11.3 Å². The number of nitrogens with zero attached hydrogens (tertiary/aromatic N) is 3. The standard InChI is InChI=1S/C19H23N3OS.C2HF3O2/c1-14-20-15(13-24-14)12-22-9-7-19(8-10-22)11-18(23)21(2)17-6-4-3-5-16(17)19;3-2(4,5)1(6)7/h3-6,13H,7-12H2,1-2H3;(H,6,7). The van der Waals surface area contributed by atoms with Gasteiger partial charge >= 0.3 is 12.1 Å². The van der Waals surface area contributed by atoms with E-state index in [2.05, 4.69) is 40.4 Å². The first-order chi connectivity index (χ1) is 14.5. The van der Waals surface area contributed by atoms with E-state index >= 15 is 0 Å². The number of fused-ring (bicyclic) bond motifs is 2. The predicted molar refractivity (Wildman–Crippen MR) is 111 cm³/mol. The molecule has 2 aliphatic rings. The third-order valence-electron chi connectivity index (χ3n) is 5.81. The predicted octanol–water partition coefficient (Wildman–Crippen LogP) is 3.99. The summed E-state index contributed by atoms with van der Waals surface area (Å²) in [5.74, 6) is -2.51. The van der Waals surface area contributed by atoms with Crippen molar-refractivity contribution in [1.82, 2.24) is 9.88 Å². The van der Waals surface area contributed by atoms with E-state index in [0.717, 1.165) is 43.2 Å². The molecule has 1 spiro atoms. The first-order valence-electron chi connectivity index (χ1n) is 9.81. The molecular formula is C21H24F3N3O3S. The van der Waals surface area contributed by atoms with Crippen molar-refractivity contribution < 1.29 is 27.9 Å². The van der Waals surface area contributed by atoms with E-state index in [1.807, 2.05) is 18.0 Å². The number of anilines is 1. The first kappa shape index (κ1) is 23.2. The maximum Gasteiger partial charge on any atom is 0.490 e. The van der Waals surface area contributed by atoms with Crippen LogP contribution >= 0.6 is 11.3 Å². The van der Waals surface area contributed by atoms with Gasteiger partial charge in [0.25, 0.3) is 0 Å². The van der Waals surface area contributed by atoms with E-state index < -0.39 is 12.1 Å². The highest BCUT2D eigenvalue weighted by atomic mass is 32.1. The summed E-state index contributed by atoms with van der Waals surface area (Å²) in [5.41, 5.74) is 3.65. The molecule has 0 aliphatic carbocycles. The number of aryl methyl sites for hydroxylation is 1. The number of carboxylic acids is 1. The number of amides is 1. The molecule has 10 heteroatoms. The Balaban J connectivity index is 0.000000339. The summed E-state index contributed by atoms with van der Waals surface area (Å²) < 4.78 is 31.7. The topological polar surface area (TPSA) is 73.7 Å². The lowest BCUT2D eigenvalue weighted by molar-refractivity contribution is -0.192. The summed E-state index contributed by atoms with van der Waals surface area (Å²) in [4.78, 5) is 30.3. The van der Waals surface area contributed by atoms with Crippen molar-refractivity contribution in [1.29, 1.82) is 0 Å². The Morgan fingerprint density at radius 2 is 1.87 bits per heavy atom. The van der Waals surface area contributed by atoms with Crippen molar-refractivity contribution in [2.45, 2.75) is 44.3 Å². The van der Waals surface area contributed by atoms with Gasteiger partial charge in [-0.2, -0.15) is 13.2 Å². The van der Waals surface area contributed by atoms with Gasteiger partial charge < -0.3 is 10.0 Å². The number of carbonyl (C=O) groups is 2. The summed E-state index contributed by atoms with van der Waals surface area (Å²) in [6.07, 6.45) is -2.34. The van der Waals surface area contributed by atoms with Gasteiger partial charge in [-0.3, -0.25) is 9.69 Å². The highest BCUT2D eigenvalue weighted by Gasteiger charge is 2.44. The lowest BCUT2D eigenvalue weighted by Gasteiger charge is -2.46. The summed E-state index contributed by atoms with van der Waals surface area (Å²) in [5, 5.41) is 10.4. The van der Waals surface area contributed by atoms with Crippen molar-refractivity contribution in [2.24, 2.45) is 0 Å². The Hall–Kier alpha value is -2.46. The van der Waals surface area contributed by atoms with Crippen molar-refractivity contribution in [3.63, 3.8) is 0 Å². The van der Waals surface area contributed by atoms with E-state index in [0.29, 0.717) is 6.42 Å². The molecule has 1 aromatic carbocycles. The molecule has 0 bridgehead atoms. The Morgan fingerprint density at radius 3 is 2.42 bits per heavy atom. The SMILES string of the molecule is Cc1nc(CN2CCC3(CC2)CC(=O)N(C)c2ccccc23)cs1.O=C(O)C(F)(F)F. The number of para-hydroxylation sites is 1. The van der Waals surface area contributed by atoms with Crippen LogP contribution in [0.5, 0.6) is 0 Å². The number of hydrogen-bond donors (Lipinski definition) is 1. The molecule has 31 heavy (non-hydrogen) atoms. The van der Waals surface area contributed by atoms with Crippen molar-refractivity contribution in [3.05, 3.63) is 45.9 Å². The second-order valence-corrected chi connectivity index (χ2v) is 8.93. The average molecular weight is 456 g/mol. The molecule has 2 aliphatic heterocycles. The molecule has 0 saturated carbocycles. The Kier molecular flexibility index (Phi) is 6.70. The van der Waals surface area contributed by atoms with Gasteiger partial charge in [0.15, 0.2) is 0 Å². The number of thiazole rings is 1. The number of hydrogen-bond acceptors (Lipinski definition) is 5. The number of likely N-dealkylation sites (tertiary alicyclic amines) is 1. The zero-order valence-corrected chi connectivity index (χ0v) is 18.1. The molecule has 0 atom stereocenters. The minimum atomic E-state index is -5.08. The van der Waals surface area contributed by atoms with Crippen LogP contribution in [-0.4, -0.2) is 53.2 Å². The van der Waals surface area contributed by atoms with E-state index in [-0.39, 0.29) is 11.3 Å². The van der Waals surface area contributed by atoms with Crippen molar-refractivity contribution >= 4 is 28.9 Å². The lowest BCUT2D eigenvalue weighted by atomic mass is 9.68. The van der Waals surface area contributed by atoms with Crippen LogP contribution in [0.1, 0.15) is 35.5 Å². The van der Waals surface area contributed by atoms with Crippen LogP contribution in [0, 0.1) is 6.92 Å². The quantitative estimate of drug-likeness (QED) is 0.742. The molecule has 6 nitrogen and oxygen atoms in total. The van der Waals surface area contributed by atoms with Crippen LogP contribution in [0.15, 0.2) is 29.6 Å². The molecule has 2 aromatic rings. The molecule has 1 saturated heterocycles. The number of benzene rings is 1. The molecule has 1 aromatic heterocycles. The summed E-state index contributed by atoms with van der Waals surface area (Å²) in [6.45, 7) is 5.04. The number of piperidine rings is 1. The van der Waals surface area contributed by atoms with Crippen LogP contribution in [0.25, 0.3) is 0 Å². The molecule has 0 radical (unpaired) electrons. The molecule has 0 unspecified atom stereocenters. The van der Waals surface area contributed by atoms with E-state index in [1.165, 1.54) is 11.3 Å². The minimum Gasteiger partial charge on any atom is -0.475 e. The van der Waals surface area contributed by atoms with Crippen LogP contribution in [0.4, 0.5) is 18.9 Å². The van der Waals surface area contributed by atoms with Crippen molar-refractivity contribution in [2.75, 3.05) is 25.0 Å². The smallest absolute Gasteiger partial charge is 0.475 e. The van der Waals surface area contributed by atoms with Gasteiger partial charge in [-0.1, -0.05) is 18.2 Å². The zero-order valence-electron chi connectivity index (χ0n) is 17.3. The molecule has 1 N–H and O–H groups in total. The van der Waals surface area contributed by atoms with E-state index in [4.69, 9.17) is 9.90 Å². The number of aromatic nitrogens is 1. The normalized spacial score (nSPS) is 18.4. The molecule has 1 fully saturated rings. The van der Waals surface area contributed by atoms with E-state index in [1.54, 1.807) is 11.3 Å². The fraction of sp³-hybridized carbons (Fsp3) is 0.476. The highest BCUT2D eigenvalue weighted by Crippen LogP contribution is 2.46. The fourth-order valence-electron chi connectivity index (χ4n) is 4.15. The number of carbonyl (C=O) groups excluding carboxylic acids is 1. The third kappa shape index (κ3) is 5.24. The van der Waals surface area contributed by atoms with Crippen molar-refractivity contribution in [3.8, 4) is 0 Å². The summed E-state index contributed by atoms with van der Waals surface area (Å²) in [7, 11) is 1.90. The number of halogens is 3. The van der Waals surface area contributed by atoms with Crippen LogP contribution in [-0.2, 0) is 21.5 Å². The fourth-order valence-corrected chi connectivity index (χ4v) is 4.75.